The molecule has 98 valence electrons. The van der Waals surface area contributed by atoms with Gasteiger partial charge in [-0.15, -0.1) is 0 Å². The van der Waals surface area contributed by atoms with E-state index in [0.717, 1.165) is 25.7 Å². The molecule has 0 aromatic heterocycles. The van der Waals surface area contributed by atoms with Gasteiger partial charge in [-0.2, -0.15) is 0 Å². The molecule has 17 heavy (non-hydrogen) atoms. The summed E-state index contributed by atoms with van der Waals surface area (Å²) in [5.74, 6) is -1.04. The molecule has 0 saturated heterocycles. The van der Waals surface area contributed by atoms with Crippen LogP contribution in [0.2, 0.25) is 0 Å². The van der Waals surface area contributed by atoms with Crippen LogP contribution in [0, 0.1) is 5.41 Å². The van der Waals surface area contributed by atoms with E-state index in [1.54, 1.807) is 6.92 Å². The Hall–Kier alpha value is -1.06. The Kier molecular flexibility index (Phi) is 4.97. The van der Waals surface area contributed by atoms with Gasteiger partial charge in [-0.25, -0.2) is 4.79 Å². The Morgan fingerprint density at radius 3 is 2.18 bits per heavy atom. The van der Waals surface area contributed by atoms with Crippen LogP contribution in [0.3, 0.4) is 0 Å². The molecule has 2 N–H and O–H groups in total. The fourth-order valence-electron chi connectivity index (χ4n) is 2.41. The maximum Gasteiger partial charge on any atom is 0.326 e. The molecule has 0 aliphatic heterocycles. The molecule has 1 fully saturated rings. The summed E-state index contributed by atoms with van der Waals surface area (Å²) in [6.45, 7) is 3.73. The van der Waals surface area contributed by atoms with E-state index in [0.29, 0.717) is 6.42 Å². The van der Waals surface area contributed by atoms with Crippen LogP contribution in [0.5, 0.6) is 0 Å². The zero-order valence-electron chi connectivity index (χ0n) is 10.8. The zero-order chi connectivity index (χ0) is 12.9. The molecule has 1 unspecified atom stereocenters. The van der Waals surface area contributed by atoms with Crippen molar-refractivity contribution in [2.45, 2.75) is 64.8 Å². The molecule has 1 amide bonds. The molecule has 0 bridgehead atoms. The number of carbonyl (C=O) groups is 2. The number of hydrogen-bond acceptors (Lipinski definition) is 2. The summed E-state index contributed by atoms with van der Waals surface area (Å²) in [5.41, 5.74) is -0.376. The van der Waals surface area contributed by atoms with E-state index in [1.165, 1.54) is 12.8 Å². The van der Waals surface area contributed by atoms with Crippen molar-refractivity contribution in [1.82, 2.24) is 5.32 Å². The molecule has 1 atom stereocenters. The van der Waals surface area contributed by atoms with Crippen molar-refractivity contribution in [1.29, 1.82) is 0 Å². The van der Waals surface area contributed by atoms with Crippen LogP contribution in [-0.2, 0) is 9.59 Å². The standard InChI is InChI=1S/C13H23NO3/c1-3-10(11(15)16)14-12(17)13(2)8-6-4-5-7-9-13/h10H,3-9H2,1-2H3,(H,14,17)(H,15,16). The average molecular weight is 241 g/mol. The first kappa shape index (κ1) is 14.0. The SMILES string of the molecule is CCC(NC(=O)C1(C)CCCCCC1)C(=O)O. The Labute approximate surface area is 103 Å². The first-order valence-electron chi connectivity index (χ1n) is 6.53. The van der Waals surface area contributed by atoms with Crippen LogP contribution in [0.25, 0.3) is 0 Å². The lowest BCUT2D eigenvalue weighted by atomic mass is 9.81. The summed E-state index contributed by atoms with van der Waals surface area (Å²) in [6.07, 6.45) is 6.65. The van der Waals surface area contributed by atoms with Gasteiger partial charge in [0, 0.05) is 5.41 Å². The van der Waals surface area contributed by atoms with Crippen molar-refractivity contribution in [3.05, 3.63) is 0 Å². The van der Waals surface area contributed by atoms with Crippen molar-refractivity contribution in [2.24, 2.45) is 5.41 Å². The van der Waals surface area contributed by atoms with Crippen molar-refractivity contribution in [2.75, 3.05) is 0 Å². The van der Waals surface area contributed by atoms with E-state index < -0.39 is 12.0 Å². The summed E-state index contributed by atoms with van der Waals surface area (Å²) >= 11 is 0. The number of amides is 1. The van der Waals surface area contributed by atoms with E-state index >= 15 is 0 Å². The van der Waals surface area contributed by atoms with E-state index in [-0.39, 0.29) is 11.3 Å². The summed E-state index contributed by atoms with van der Waals surface area (Å²) in [7, 11) is 0. The Morgan fingerprint density at radius 1 is 1.24 bits per heavy atom. The fraction of sp³-hybridized carbons (Fsp3) is 0.846. The van der Waals surface area contributed by atoms with Gasteiger partial charge < -0.3 is 10.4 Å². The minimum absolute atomic E-state index is 0.0892. The van der Waals surface area contributed by atoms with Gasteiger partial charge >= 0.3 is 5.97 Å². The molecular formula is C13H23NO3. The van der Waals surface area contributed by atoms with Gasteiger partial charge in [0.25, 0.3) is 0 Å². The third-order valence-electron chi connectivity index (χ3n) is 3.77. The Balaban J connectivity index is 2.63. The number of carbonyl (C=O) groups excluding carboxylic acids is 1. The van der Waals surface area contributed by atoms with Gasteiger partial charge in [0.05, 0.1) is 0 Å². The van der Waals surface area contributed by atoms with Crippen molar-refractivity contribution in [3.63, 3.8) is 0 Å². The second-order valence-corrected chi connectivity index (χ2v) is 5.25. The highest BCUT2D eigenvalue weighted by molar-refractivity contribution is 5.87. The van der Waals surface area contributed by atoms with Crippen molar-refractivity contribution < 1.29 is 14.7 Å². The van der Waals surface area contributed by atoms with Crippen LogP contribution in [0.15, 0.2) is 0 Å². The number of nitrogens with one attached hydrogen (secondary N) is 1. The number of carboxylic acids is 1. The lowest BCUT2D eigenvalue weighted by molar-refractivity contribution is -0.144. The molecule has 1 aliphatic carbocycles. The molecule has 0 aromatic carbocycles. The van der Waals surface area contributed by atoms with Crippen molar-refractivity contribution in [3.8, 4) is 0 Å². The predicted molar refractivity (Wildman–Crippen MR) is 65.7 cm³/mol. The molecule has 1 saturated carbocycles. The largest absolute Gasteiger partial charge is 0.480 e. The highest BCUT2D eigenvalue weighted by Crippen LogP contribution is 2.34. The van der Waals surface area contributed by atoms with Crippen LogP contribution >= 0.6 is 0 Å². The van der Waals surface area contributed by atoms with Gasteiger partial charge in [-0.3, -0.25) is 4.79 Å². The lowest BCUT2D eigenvalue weighted by Crippen LogP contribution is -2.47. The average Bonchev–Trinajstić information content (AvgIpc) is 2.51. The summed E-state index contributed by atoms with van der Waals surface area (Å²) < 4.78 is 0. The second kappa shape index (κ2) is 6.03. The minimum Gasteiger partial charge on any atom is -0.480 e. The minimum atomic E-state index is -0.946. The lowest BCUT2D eigenvalue weighted by Gasteiger charge is -2.28. The molecule has 0 aromatic rings. The summed E-state index contributed by atoms with van der Waals surface area (Å²) in [4.78, 5) is 23.1. The van der Waals surface area contributed by atoms with E-state index in [1.807, 2.05) is 6.92 Å². The first-order chi connectivity index (χ1) is 7.99. The van der Waals surface area contributed by atoms with E-state index in [4.69, 9.17) is 5.11 Å². The number of rotatable bonds is 4. The smallest absolute Gasteiger partial charge is 0.326 e. The zero-order valence-corrected chi connectivity index (χ0v) is 10.8. The van der Waals surface area contributed by atoms with Gasteiger partial charge in [-0.1, -0.05) is 39.5 Å². The molecule has 0 spiro atoms. The molecule has 1 aliphatic rings. The molecule has 1 rings (SSSR count). The third kappa shape index (κ3) is 3.72. The molecule has 0 heterocycles. The van der Waals surface area contributed by atoms with Crippen LogP contribution in [0.1, 0.15) is 58.8 Å². The maximum absolute atomic E-state index is 12.2. The fourth-order valence-corrected chi connectivity index (χ4v) is 2.41. The number of aliphatic carboxylic acids is 1. The topological polar surface area (TPSA) is 66.4 Å². The van der Waals surface area contributed by atoms with Gasteiger partial charge in [0.15, 0.2) is 0 Å². The monoisotopic (exact) mass is 241 g/mol. The van der Waals surface area contributed by atoms with E-state index in [2.05, 4.69) is 5.32 Å². The summed E-state index contributed by atoms with van der Waals surface area (Å²) in [5, 5.41) is 11.6. The number of hydrogen-bond donors (Lipinski definition) is 2. The maximum atomic E-state index is 12.2. The number of carboxylic acid groups (broad SMARTS) is 1. The Bertz CT molecular complexity index is 280. The quantitative estimate of drug-likeness (QED) is 0.742. The molecule has 0 radical (unpaired) electrons. The van der Waals surface area contributed by atoms with Crippen LogP contribution < -0.4 is 5.32 Å². The second-order valence-electron chi connectivity index (χ2n) is 5.25. The first-order valence-corrected chi connectivity index (χ1v) is 6.53. The highest BCUT2D eigenvalue weighted by atomic mass is 16.4. The Morgan fingerprint density at radius 2 is 1.76 bits per heavy atom. The normalized spacial score (nSPS) is 21.3. The van der Waals surface area contributed by atoms with Crippen LogP contribution in [-0.4, -0.2) is 23.0 Å². The highest BCUT2D eigenvalue weighted by Gasteiger charge is 2.35. The van der Waals surface area contributed by atoms with Gasteiger partial charge in [0.2, 0.25) is 5.91 Å². The van der Waals surface area contributed by atoms with E-state index in [9.17, 15) is 9.59 Å². The molecule has 4 nitrogen and oxygen atoms in total. The molecular weight excluding hydrogens is 218 g/mol. The molecule has 4 heteroatoms. The van der Waals surface area contributed by atoms with Crippen molar-refractivity contribution >= 4 is 11.9 Å². The van der Waals surface area contributed by atoms with Gasteiger partial charge in [0.1, 0.15) is 6.04 Å². The third-order valence-corrected chi connectivity index (χ3v) is 3.77. The summed E-state index contributed by atoms with van der Waals surface area (Å²) in [6, 6.07) is -0.748. The predicted octanol–water partition coefficient (Wildman–Crippen LogP) is 2.33. The van der Waals surface area contributed by atoms with Gasteiger partial charge in [-0.05, 0) is 19.3 Å². The van der Waals surface area contributed by atoms with Crippen LogP contribution in [0.4, 0.5) is 0 Å².